The molecule has 1 fully saturated rings. The number of anilines is 1. The van der Waals surface area contributed by atoms with Gasteiger partial charge in [0.25, 0.3) is 16.9 Å². The van der Waals surface area contributed by atoms with Crippen molar-refractivity contribution in [3.8, 4) is 11.5 Å². The highest BCUT2D eigenvalue weighted by atomic mass is 35.5. The summed E-state index contributed by atoms with van der Waals surface area (Å²) in [5.74, 6) is 1.94. The van der Waals surface area contributed by atoms with Crippen molar-refractivity contribution in [2.24, 2.45) is 5.92 Å². The molecule has 0 amide bonds. The lowest BCUT2D eigenvalue weighted by atomic mass is 9.83. The molecule has 0 spiro atoms. The van der Waals surface area contributed by atoms with Crippen LogP contribution >= 0.6 is 18.9 Å². The van der Waals surface area contributed by atoms with Crippen LogP contribution in [-0.4, -0.2) is 22.6 Å². The Morgan fingerprint density at radius 2 is 1.29 bits per heavy atom. The average molecular weight is 629 g/mol. The summed E-state index contributed by atoms with van der Waals surface area (Å²) in [4.78, 5) is 20.7. The molecule has 5 nitrogen and oxygen atoms in total. The maximum atomic E-state index is 12.8. The van der Waals surface area contributed by atoms with Crippen LogP contribution < -0.4 is 31.8 Å². The first-order chi connectivity index (χ1) is 22.1. The molecule has 2 aromatic heterocycles. The smallest absolute Gasteiger partial charge is 0.262 e. The number of aromatic nitrogens is 2. The summed E-state index contributed by atoms with van der Waals surface area (Å²) in [7, 11) is -2.55. The van der Waals surface area contributed by atoms with E-state index in [0.29, 0.717) is 23.4 Å². The predicted molar refractivity (Wildman–Crippen MR) is 185 cm³/mol. The molecule has 0 aliphatic carbocycles. The van der Waals surface area contributed by atoms with Crippen LogP contribution in [0.5, 0.6) is 0 Å². The van der Waals surface area contributed by atoms with Crippen molar-refractivity contribution < 1.29 is 4.42 Å². The van der Waals surface area contributed by atoms with Gasteiger partial charge in [-0.3, -0.25) is 4.79 Å². The summed E-state index contributed by atoms with van der Waals surface area (Å²) >= 11 is 6.30. The fourth-order valence-electron chi connectivity index (χ4n) is 7.28. The van der Waals surface area contributed by atoms with E-state index < -0.39 is 7.26 Å². The Bertz CT molecular complexity index is 1910. The summed E-state index contributed by atoms with van der Waals surface area (Å²) in [5, 5.41) is 4.32. The van der Waals surface area contributed by atoms with Crippen LogP contribution in [0.25, 0.3) is 11.5 Å². The Balaban J connectivity index is 1.39. The van der Waals surface area contributed by atoms with Crippen LogP contribution in [0.4, 0.5) is 5.88 Å². The number of oxazole rings is 1. The fourth-order valence-corrected chi connectivity index (χ4v) is 11.6. The highest BCUT2D eigenvalue weighted by molar-refractivity contribution is 8.01. The number of hydrogen-bond acceptors (Lipinski definition) is 4. The minimum Gasteiger partial charge on any atom is -0.416 e. The van der Waals surface area contributed by atoms with Crippen molar-refractivity contribution in [1.29, 1.82) is 0 Å². The van der Waals surface area contributed by atoms with Crippen molar-refractivity contribution in [3.63, 3.8) is 0 Å². The van der Waals surface area contributed by atoms with Gasteiger partial charge in [-0.1, -0.05) is 72.3 Å². The lowest BCUT2D eigenvalue weighted by Gasteiger charge is -2.42. The van der Waals surface area contributed by atoms with E-state index >= 15 is 0 Å². The molecule has 4 heterocycles. The molecule has 8 rings (SSSR count). The number of fused-ring (bicyclic) bond motifs is 4. The van der Waals surface area contributed by atoms with Crippen molar-refractivity contribution in [1.82, 2.24) is 9.55 Å². The van der Waals surface area contributed by atoms with Gasteiger partial charge in [0.15, 0.2) is 7.26 Å². The molecular formula is C38H32ClN3O2P+. The molecule has 2 bridgehead atoms. The second-order valence-electron chi connectivity index (χ2n) is 11.9. The molecular weight excluding hydrogens is 597 g/mol. The van der Waals surface area contributed by atoms with Gasteiger partial charge in [0.05, 0.1) is 0 Å². The highest BCUT2D eigenvalue weighted by Gasteiger charge is 2.54. The first-order valence-corrected chi connectivity index (χ1v) is 17.6. The third-order valence-corrected chi connectivity index (χ3v) is 13.6. The first kappa shape index (κ1) is 28.1. The lowest BCUT2D eigenvalue weighted by molar-refractivity contribution is 0.275. The second kappa shape index (κ2) is 11.5. The molecule has 222 valence electrons. The number of nitrogens with zero attached hydrogens (tertiary/aromatic N) is 3. The van der Waals surface area contributed by atoms with Crippen molar-refractivity contribution in [2.75, 3.05) is 18.0 Å². The monoisotopic (exact) mass is 628 g/mol. The van der Waals surface area contributed by atoms with Crippen LogP contribution in [0.3, 0.4) is 0 Å². The molecule has 2 unspecified atom stereocenters. The normalized spacial score (nSPS) is 17.6. The second-order valence-corrected chi connectivity index (χ2v) is 15.7. The molecule has 2 aliphatic heterocycles. The Morgan fingerprint density at radius 3 is 1.89 bits per heavy atom. The Hall–Kier alpha value is -4.44. The van der Waals surface area contributed by atoms with E-state index in [1.165, 1.54) is 15.9 Å². The van der Waals surface area contributed by atoms with Crippen molar-refractivity contribution in [3.05, 3.63) is 155 Å². The summed E-state index contributed by atoms with van der Waals surface area (Å²) in [6.07, 6.45) is 1.06. The van der Waals surface area contributed by atoms with Crippen LogP contribution in [-0.2, 0) is 6.54 Å². The topological polar surface area (TPSA) is 51.3 Å². The molecule has 4 aromatic carbocycles. The number of halogens is 1. The van der Waals surface area contributed by atoms with Gasteiger partial charge in [-0.15, -0.1) is 0 Å². The van der Waals surface area contributed by atoms with Crippen LogP contribution in [0.1, 0.15) is 18.0 Å². The van der Waals surface area contributed by atoms with Gasteiger partial charge in [0.2, 0.25) is 5.89 Å². The van der Waals surface area contributed by atoms with Gasteiger partial charge >= 0.3 is 0 Å². The van der Waals surface area contributed by atoms with Gasteiger partial charge in [-0.25, -0.2) is 0 Å². The largest absolute Gasteiger partial charge is 0.416 e. The molecule has 0 saturated carbocycles. The molecule has 2 atom stereocenters. The van der Waals surface area contributed by atoms with E-state index in [-0.39, 0.29) is 11.5 Å². The third-order valence-electron chi connectivity index (χ3n) is 9.20. The van der Waals surface area contributed by atoms with Crippen molar-refractivity contribution in [2.45, 2.75) is 18.9 Å². The molecule has 0 radical (unpaired) electrons. The molecule has 7 heteroatoms. The van der Waals surface area contributed by atoms with E-state index in [2.05, 4.69) is 102 Å². The predicted octanol–water partition coefficient (Wildman–Crippen LogP) is 6.40. The highest BCUT2D eigenvalue weighted by Crippen LogP contribution is 2.56. The number of pyridine rings is 1. The van der Waals surface area contributed by atoms with Crippen LogP contribution in [0.15, 0.2) is 143 Å². The van der Waals surface area contributed by atoms with Gasteiger partial charge in [-0.2, -0.15) is 4.98 Å². The maximum absolute atomic E-state index is 12.8. The minimum absolute atomic E-state index is 0.0863. The first-order valence-electron chi connectivity index (χ1n) is 15.4. The summed E-state index contributed by atoms with van der Waals surface area (Å²) < 4.78 is 8.94. The number of piperidine rings is 1. The van der Waals surface area contributed by atoms with Crippen LogP contribution in [0, 0.1) is 5.92 Å². The van der Waals surface area contributed by atoms with E-state index in [9.17, 15) is 4.79 Å². The minimum atomic E-state index is -2.55. The zero-order valence-electron chi connectivity index (χ0n) is 24.7. The van der Waals surface area contributed by atoms with Crippen molar-refractivity contribution >= 4 is 46.1 Å². The number of benzene rings is 4. The van der Waals surface area contributed by atoms with Gasteiger partial charge in [0.1, 0.15) is 15.9 Å². The quantitative estimate of drug-likeness (QED) is 0.200. The van der Waals surface area contributed by atoms with E-state index in [4.69, 9.17) is 21.0 Å². The average Bonchev–Trinajstić information content (AvgIpc) is 3.53. The number of hydrogen-bond donors (Lipinski definition) is 0. The van der Waals surface area contributed by atoms with Crippen LogP contribution in [0.2, 0.25) is 5.02 Å². The Morgan fingerprint density at radius 1 is 0.689 bits per heavy atom. The molecule has 0 N–H and O–H groups in total. The zero-order valence-corrected chi connectivity index (χ0v) is 26.3. The van der Waals surface area contributed by atoms with Gasteiger partial charge < -0.3 is 13.9 Å². The Kier molecular flexibility index (Phi) is 7.16. The lowest BCUT2D eigenvalue weighted by Crippen LogP contribution is -2.49. The van der Waals surface area contributed by atoms with E-state index in [1.807, 2.05) is 34.9 Å². The van der Waals surface area contributed by atoms with E-state index in [1.54, 1.807) is 6.07 Å². The van der Waals surface area contributed by atoms with Gasteiger partial charge in [-0.05, 0) is 79.1 Å². The third kappa shape index (κ3) is 4.82. The summed E-state index contributed by atoms with van der Waals surface area (Å²) in [6, 6.07) is 45.8. The molecule has 45 heavy (non-hydrogen) atoms. The summed E-state index contributed by atoms with van der Waals surface area (Å²) in [6.45, 7) is 2.25. The molecule has 6 aromatic rings. The SMILES string of the molecule is O=c1cccc2n1CC1CC2CN(c2oc(-c3ccc(Cl)cc3)nc2[P+](c2ccccc2)(c2ccccc2)c2ccccc2)C1. The Labute approximate surface area is 268 Å². The maximum Gasteiger partial charge on any atom is 0.262 e. The van der Waals surface area contributed by atoms with Gasteiger partial charge in [0, 0.05) is 47.9 Å². The molecule has 1 saturated heterocycles. The number of rotatable bonds is 6. The zero-order chi connectivity index (χ0) is 30.4. The van der Waals surface area contributed by atoms with E-state index in [0.717, 1.165) is 42.1 Å². The molecule has 2 aliphatic rings. The standard InChI is InChI=1S/C38H32ClN3O2P/c39-30-21-19-28(20-22-30)36-40-37(38(44-36)41-24-27-23-29(26-41)34-17-10-18-35(43)42(34)25-27)45(31-11-4-1-5-12-31,32-13-6-2-7-14-32)33-15-8-3-9-16-33/h1-22,27,29H,23-26H2/q+1. The fraction of sp³-hybridized carbons (Fsp3) is 0.158. The summed E-state index contributed by atoms with van der Waals surface area (Å²) in [5.41, 5.74) is 3.04.